The van der Waals surface area contributed by atoms with E-state index in [1.807, 2.05) is 11.3 Å². The molecule has 1 saturated heterocycles. The first-order valence-electron chi connectivity index (χ1n) is 7.36. The fourth-order valence-corrected chi connectivity index (χ4v) is 4.03. The van der Waals surface area contributed by atoms with Crippen molar-refractivity contribution in [3.05, 3.63) is 22.4 Å². The van der Waals surface area contributed by atoms with Crippen LogP contribution in [0, 0.1) is 0 Å². The van der Waals surface area contributed by atoms with Crippen molar-refractivity contribution in [1.82, 2.24) is 9.80 Å². The Morgan fingerprint density at radius 1 is 1.47 bits per heavy atom. The Morgan fingerprint density at radius 3 is 2.89 bits per heavy atom. The molecule has 3 unspecified atom stereocenters. The fourth-order valence-electron chi connectivity index (χ4n) is 3.11. The summed E-state index contributed by atoms with van der Waals surface area (Å²) in [6, 6.07) is 5.56. The SMILES string of the molecule is CCC(N)C(c1cccs1)N1CCCN(C)CC1C. The molecule has 0 saturated carbocycles. The van der Waals surface area contributed by atoms with Gasteiger partial charge in [0.1, 0.15) is 0 Å². The molecule has 4 heteroatoms. The van der Waals surface area contributed by atoms with E-state index in [1.54, 1.807) is 0 Å². The maximum Gasteiger partial charge on any atom is 0.0596 e. The van der Waals surface area contributed by atoms with Gasteiger partial charge in [-0.05, 0) is 44.8 Å². The molecule has 1 aromatic heterocycles. The van der Waals surface area contributed by atoms with Gasteiger partial charge < -0.3 is 10.6 Å². The number of thiophene rings is 1. The van der Waals surface area contributed by atoms with Crippen LogP contribution < -0.4 is 5.73 Å². The van der Waals surface area contributed by atoms with E-state index < -0.39 is 0 Å². The van der Waals surface area contributed by atoms with E-state index in [0.29, 0.717) is 12.1 Å². The maximum atomic E-state index is 6.44. The minimum Gasteiger partial charge on any atom is -0.326 e. The number of rotatable bonds is 4. The second kappa shape index (κ2) is 6.84. The topological polar surface area (TPSA) is 32.5 Å². The molecule has 1 aliphatic rings. The van der Waals surface area contributed by atoms with Crippen molar-refractivity contribution in [3.8, 4) is 0 Å². The third-order valence-corrected chi connectivity index (χ3v) is 5.11. The number of nitrogens with two attached hydrogens (primary N) is 1. The Kier molecular flexibility index (Phi) is 5.39. The second-order valence-corrected chi connectivity index (χ2v) is 6.71. The molecule has 0 aliphatic carbocycles. The van der Waals surface area contributed by atoms with Crippen LogP contribution >= 0.6 is 11.3 Å². The van der Waals surface area contributed by atoms with Gasteiger partial charge in [0, 0.05) is 30.1 Å². The van der Waals surface area contributed by atoms with Gasteiger partial charge in [-0.2, -0.15) is 0 Å². The van der Waals surface area contributed by atoms with Gasteiger partial charge in [-0.25, -0.2) is 0 Å². The minimum atomic E-state index is 0.226. The maximum absolute atomic E-state index is 6.44. The number of likely N-dealkylation sites (N-methyl/N-ethyl adjacent to an activating group) is 1. The molecule has 2 rings (SSSR count). The van der Waals surface area contributed by atoms with E-state index in [2.05, 4.69) is 48.2 Å². The highest BCUT2D eigenvalue weighted by Gasteiger charge is 2.31. The summed E-state index contributed by atoms with van der Waals surface area (Å²) in [6.07, 6.45) is 2.26. The number of hydrogen-bond donors (Lipinski definition) is 1. The number of nitrogens with zero attached hydrogens (tertiary/aromatic N) is 2. The molecule has 3 atom stereocenters. The lowest BCUT2D eigenvalue weighted by atomic mass is 10.0. The van der Waals surface area contributed by atoms with Crippen molar-refractivity contribution >= 4 is 11.3 Å². The number of hydrogen-bond acceptors (Lipinski definition) is 4. The summed E-state index contributed by atoms with van der Waals surface area (Å²) in [5.74, 6) is 0. The van der Waals surface area contributed by atoms with Gasteiger partial charge in [-0.15, -0.1) is 11.3 Å². The third kappa shape index (κ3) is 3.57. The Bertz CT molecular complexity index is 365. The highest BCUT2D eigenvalue weighted by atomic mass is 32.1. The van der Waals surface area contributed by atoms with Crippen LogP contribution in [-0.4, -0.2) is 48.6 Å². The van der Waals surface area contributed by atoms with Crippen molar-refractivity contribution in [2.75, 3.05) is 26.7 Å². The van der Waals surface area contributed by atoms with Crippen LogP contribution in [0.5, 0.6) is 0 Å². The van der Waals surface area contributed by atoms with E-state index in [0.717, 1.165) is 19.5 Å². The summed E-state index contributed by atoms with van der Waals surface area (Å²) in [5.41, 5.74) is 6.44. The molecular weight excluding hydrogens is 254 g/mol. The first-order chi connectivity index (χ1) is 9.13. The molecular formula is C15H27N3S. The van der Waals surface area contributed by atoms with Gasteiger partial charge in [0.05, 0.1) is 6.04 Å². The summed E-state index contributed by atoms with van der Waals surface area (Å²) < 4.78 is 0. The molecule has 1 aliphatic heterocycles. The Hall–Kier alpha value is -0.420. The zero-order valence-corrected chi connectivity index (χ0v) is 13.2. The smallest absolute Gasteiger partial charge is 0.0596 e. The first-order valence-corrected chi connectivity index (χ1v) is 8.24. The molecule has 2 heterocycles. The Balaban J connectivity index is 2.22. The first kappa shape index (κ1) is 15.0. The predicted molar refractivity (Wildman–Crippen MR) is 83.6 cm³/mol. The normalized spacial score (nSPS) is 26.0. The largest absolute Gasteiger partial charge is 0.326 e. The summed E-state index contributed by atoms with van der Waals surface area (Å²) in [5, 5.41) is 2.17. The molecule has 0 amide bonds. The lowest BCUT2D eigenvalue weighted by Gasteiger charge is -2.38. The van der Waals surface area contributed by atoms with E-state index in [9.17, 15) is 0 Å². The summed E-state index contributed by atoms with van der Waals surface area (Å²) in [7, 11) is 2.22. The molecule has 2 N–H and O–H groups in total. The van der Waals surface area contributed by atoms with Gasteiger partial charge in [-0.3, -0.25) is 4.90 Å². The monoisotopic (exact) mass is 281 g/mol. The average molecular weight is 281 g/mol. The molecule has 1 fully saturated rings. The van der Waals surface area contributed by atoms with Gasteiger partial charge in [-0.1, -0.05) is 13.0 Å². The quantitative estimate of drug-likeness (QED) is 0.920. The summed E-state index contributed by atoms with van der Waals surface area (Å²) >= 11 is 1.84. The molecule has 19 heavy (non-hydrogen) atoms. The molecule has 0 spiro atoms. The van der Waals surface area contributed by atoms with Gasteiger partial charge in [0.2, 0.25) is 0 Å². The van der Waals surface area contributed by atoms with Gasteiger partial charge >= 0.3 is 0 Å². The summed E-state index contributed by atoms with van der Waals surface area (Å²) in [4.78, 5) is 6.49. The van der Waals surface area contributed by atoms with Crippen LogP contribution in [0.1, 0.15) is 37.6 Å². The van der Waals surface area contributed by atoms with Crippen LogP contribution in [0.3, 0.4) is 0 Å². The minimum absolute atomic E-state index is 0.226. The zero-order chi connectivity index (χ0) is 13.8. The van der Waals surface area contributed by atoms with Crippen LogP contribution in [-0.2, 0) is 0 Å². The van der Waals surface area contributed by atoms with Gasteiger partial charge in [0.15, 0.2) is 0 Å². The van der Waals surface area contributed by atoms with Crippen molar-refractivity contribution in [3.63, 3.8) is 0 Å². The molecule has 3 nitrogen and oxygen atoms in total. The van der Waals surface area contributed by atoms with E-state index in [1.165, 1.54) is 17.8 Å². The lowest BCUT2D eigenvalue weighted by Crippen LogP contribution is -2.46. The zero-order valence-electron chi connectivity index (χ0n) is 12.4. The van der Waals surface area contributed by atoms with Crippen molar-refractivity contribution < 1.29 is 0 Å². The van der Waals surface area contributed by atoms with Crippen LogP contribution in [0.25, 0.3) is 0 Å². The third-order valence-electron chi connectivity index (χ3n) is 4.17. The standard InChI is InChI=1S/C15H27N3S/c1-4-13(16)15(14-7-5-10-19-14)18-9-6-8-17(3)11-12(18)2/h5,7,10,12-13,15H,4,6,8-9,11,16H2,1-3H3. The Labute approximate surface area is 121 Å². The second-order valence-electron chi connectivity index (χ2n) is 5.74. The van der Waals surface area contributed by atoms with Crippen LogP contribution in [0.4, 0.5) is 0 Å². The predicted octanol–water partition coefficient (Wildman–Crippen LogP) is 2.55. The molecule has 0 aromatic carbocycles. The lowest BCUT2D eigenvalue weighted by molar-refractivity contribution is 0.124. The van der Waals surface area contributed by atoms with Gasteiger partial charge in [0.25, 0.3) is 0 Å². The van der Waals surface area contributed by atoms with E-state index >= 15 is 0 Å². The highest BCUT2D eigenvalue weighted by Crippen LogP contribution is 2.31. The molecule has 0 radical (unpaired) electrons. The average Bonchev–Trinajstić information content (AvgIpc) is 2.84. The molecule has 1 aromatic rings. The fraction of sp³-hybridized carbons (Fsp3) is 0.733. The van der Waals surface area contributed by atoms with E-state index in [-0.39, 0.29) is 6.04 Å². The molecule has 0 bridgehead atoms. The van der Waals surface area contributed by atoms with Crippen molar-refractivity contribution in [2.24, 2.45) is 5.73 Å². The summed E-state index contributed by atoms with van der Waals surface area (Å²) in [6.45, 7) is 8.02. The Morgan fingerprint density at radius 2 is 2.26 bits per heavy atom. The van der Waals surface area contributed by atoms with Crippen LogP contribution in [0.2, 0.25) is 0 Å². The molecule has 108 valence electrons. The van der Waals surface area contributed by atoms with Crippen molar-refractivity contribution in [2.45, 2.75) is 44.8 Å². The van der Waals surface area contributed by atoms with Crippen LogP contribution in [0.15, 0.2) is 17.5 Å². The highest BCUT2D eigenvalue weighted by molar-refractivity contribution is 7.10. The van der Waals surface area contributed by atoms with E-state index in [4.69, 9.17) is 5.73 Å². The van der Waals surface area contributed by atoms with Crippen molar-refractivity contribution in [1.29, 1.82) is 0 Å².